The number of carbonyl (C=O) groups is 1. The van der Waals surface area contributed by atoms with E-state index < -0.39 is 29.4 Å². The van der Waals surface area contributed by atoms with Gasteiger partial charge >= 0.3 is 11.6 Å². The fraction of sp³-hybridized carbons (Fsp3) is 0.333. The van der Waals surface area contributed by atoms with Crippen LogP contribution in [0.15, 0.2) is 33.5 Å². The summed E-state index contributed by atoms with van der Waals surface area (Å²) in [4.78, 5) is 22.9. The molecule has 2 aromatic rings. The van der Waals surface area contributed by atoms with Crippen LogP contribution in [0, 0.1) is 0 Å². The second-order valence-corrected chi connectivity index (χ2v) is 5.30. The van der Waals surface area contributed by atoms with Crippen LogP contribution in [-0.4, -0.2) is 35.0 Å². The number of benzene rings is 1. The average Bonchev–Trinajstić information content (AvgIpc) is 2.69. The number of fused-ring (bicyclic) bond motifs is 1. The normalized spacial score (nSPS) is 27.9. The molecule has 0 unspecified atom stereocenters. The molecule has 1 saturated heterocycles. The summed E-state index contributed by atoms with van der Waals surface area (Å²) in [6.07, 6.45) is -2.52. The quantitative estimate of drug-likeness (QED) is 0.615. The molecular weight excluding hydrogens is 292 g/mol. The molecule has 0 aliphatic carbocycles. The third-order valence-electron chi connectivity index (χ3n) is 3.79. The van der Waals surface area contributed by atoms with E-state index in [1.54, 1.807) is 12.1 Å². The second-order valence-electron chi connectivity index (χ2n) is 5.30. The third-order valence-corrected chi connectivity index (χ3v) is 3.79. The van der Waals surface area contributed by atoms with Gasteiger partial charge in [-0.25, -0.2) is 9.59 Å². The van der Waals surface area contributed by atoms with Gasteiger partial charge in [0, 0.05) is 23.1 Å². The van der Waals surface area contributed by atoms with Gasteiger partial charge in [-0.15, -0.1) is 0 Å². The zero-order chi connectivity index (χ0) is 16.1. The lowest BCUT2D eigenvalue weighted by Crippen LogP contribution is -2.41. The summed E-state index contributed by atoms with van der Waals surface area (Å²) >= 11 is 0. The van der Waals surface area contributed by atoms with Crippen molar-refractivity contribution in [1.29, 1.82) is 0 Å². The second kappa shape index (κ2) is 4.82. The van der Waals surface area contributed by atoms with Crippen LogP contribution in [0.25, 0.3) is 11.0 Å². The maximum atomic E-state index is 11.7. The molecule has 0 saturated carbocycles. The first-order chi connectivity index (χ1) is 10.3. The third kappa shape index (κ3) is 2.06. The minimum atomic E-state index is -1.99. The van der Waals surface area contributed by atoms with Crippen molar-refractivity contribution < 1.29 is 28.9 Å². The molecular formula is C15H14O7. The molecule has 0 amide bonds. The van der Waals surface area contributed by atoms with Crippen LogP contribution in [0.1, 0.15) is 18.6 Å². The van der Waals surface area contributed by atoms with E-state index >= 15 is 0 Å². The fourth-order valence-corrected chi connectivity index (χ4v) is 2.46. The Labute approximate surface area is 124 Å². The van der Waals surface area contributed by atoms with Gasteiger partial charge in [-0.2, -0.15) is 0 Å². The molecule has 7 heteroatoms. The van der Waals surface area contributed by atoms with E-state index in [1.807, 2.05) is 0 Å². The molecule has 0 bridgehead atoms. The fourth-order valence-electron chi connectivity index (χ4n) is 2.46. The van der Waals surface area contributed by atoms with Crippen LogP contribution in [0.2, 0.25) is 0 Å². The highest BCUT2D eigenvalue weighted by molar-refractivity contribution is 5.84. The number of rotatable bonds is 2. The number of esters is 1. The predicted molar refractivity (Wildman–Crippen MR) is 74.5 cm³/mol. The minimum Gasteiger partial charge on any atom is -0.496 e. The molecule has 0 radical (unpaired) electrons. The van der Waals surface area contributed by atoms with E-state index in [4.69, 9.17) is 13.9 Å². The highest BCUT2D eigenvalue weighted by Crippen LogP contribution is 2.41. The molecule has 0 spiro atoms. The summed E-state index contributed by atoms with van der Waals surface area (Å²) < 4.78 is 15.3. The maximum absolute atomic E-state index is 11.7. The van der Waals surface area contributed by atoms with Crippen molar-refractivity contribution >= 4 is 16.9 Å². The Bertz CT molecular complexity index is 805. The van der Waals surface area contributed by atoms with Gasteiger partial charge in [-0.3, -0.25) is 0 Å². The van der Waals surface area contributed by atoms with Crippen molar-refractivity contribution in [3.8, 4) is 5.75 Å². The van der Waals surface area contributed by atoms with Crippen molar-refractivity contribution in [1.82, 2.24) is 0 Å². The van der Waals surface area contributed by atoms with Gasteiger partial charge < -0.3 is 24.1 Å². The molecule has 2 heterocycles. The Morgan fingerprint density at radius 3 is 2.59 bits per heavy atom. The summed E-state index contributed by atoms with van der Waals surface area (Å²) in [6, 6.07) is 5.86. The van der Waals surface area contributed by atoms with Gasteiger partial charge in [0.05, 0.1) is 7.11 Å². The average molecular weight is 306 g/mol. The van der Waals surface area contributed by atoms with Crippen LogP contribution >= 0.6 is 0 Å². The Kier molecular flexibility index (Phi) is 3.19. The van der Waals surface area contributed by atoms with E-state index in [9.17, 15) is 19.8 Å². The van der Waals surface area contributed by atoms with Crippen LogP contribution in [0.4, 0.5) is 0 Å². The Morgan fingerprint density at radius 1 is 1.27 bits per heavy atom. The first-order valence-electron chi connectivity index (χ1n) is 6.58. The molecule has 1 aliphatic heterocycles. The van der Waals surface area contributed by atoms with Gasteiger partial charge in [0.25, 0.3) is 0 Å². The van der Waals surface area contributed by atoms with Gasteiger partial charge in [-0.1, -0.05) is 0 Å². The minimum absolute atomic E-state index is 0.274. The first-order valence-corrected chi connectivity index (χ1v) is 6.58. The Morgan fingerprint density at radius 2 is 2.00 bits per heavy atom. The molecule has 2 N–H and O–H groups in total. The number of cyclic esters (lactones) is 1. The van der Waals surface area contributed by atoms with Gasteiger partial charge in [0.2, 0.25) is 0 Å². The zero-order valence-electron chi connectivity index (χ0n) is 11.9. The molecule has 7 nitrogen and oxygen atoms in total. The lowest BCUT2D eigenvalue weighted by Gasteiger charge is -2.20. The van der Waals surface area contributed by atoms with E-state index in [0.29, 0.717) is 16.5 Å². The molecule has 116 valence electrons. The van der Waals surface area contributed by atoms with E-state index in [1.165, 1.54) is 26.2 Å². The first kappa shape index (κ1) is 14.6. The Hall–Kier alpha value is -2.38. The van der Waals surface area contributed by atoms with Crippen molar-refractivity contribution in [3.63, 3.8) is 0 Å². The molecule has 3 atom stereocenters. The summed E-state index contributed by atoms with van der Waals surface area (Å²) in [6.45, 7) is 1.19. The smallest absolute Gasteiger partial charge is 0.341 e. The molecule has 1 fully saturated rings. The van der Waals surface area contributed by atoms with Gasteiger partial charge in [0.1, 0.15) is 17.4 Å². The Balaban J connectivity index is 2.16. The molecule has 22 heavy (non-hydrogen) atoms. The summed E-state index contributed by atoms with van der Waals surface area (Å²) in [5.41, 5.74) is -1.81. The maximum Gasteiger partial charge on any atom is 0.341 e. The highest BCUT2D eigenvalue weighted by Gasteiger charge is 2.54. The largest absolute Gasteiger partial charge is 0.496 e. The number of aliphatic hydroxyl groups is 2. The highest BCUT2D eigenvalue weighted by atomic mass is 16.6. The number of aliphatic hydroxyl groups excluding tert-OH is 1. The van der Waals surface area contributed by atoms with Crippen molar-refractivity contribution in [3.05, 3.63) is 40.2 Å². The van der Waals surface area contributed by atoms with Crippen molar-refractivity contribution in [2.24, 2.45) is 0 Å². The number of hydrogen-bond acceptors (Lipinski definition) is 7. The number of hydrogen-bond donors (Lipinski definition) is 2. The van der Waals surface area contributed by atoms with E-state index in [-0.39, 0.29) is 5.75 Å². The summed E-state index contributed by atoms with van der Waals surface area (Å²) in [7, 11) is 1.40. The van der Waals surface area contributed by atoms with Crippen LogP contribution in [-0.2, 0) is 9.53 Å². The lowest BCUT2D eigenvalue weighted by molar-refractivity contribution is -0.155. The van der Waals surface area contributed by atoms with Crippen LogP contribution < -0.4 is 10.4 Å². The number of ether oxygens (including phenoxy) is 2. The number of methoxy groups -OCH3 is 1. The SMILES string of the molecule is COc1cc2oc(=O)ccc2cc1[C@H]1OC(=O)[C@@](C)(O)[C@H]1O. The van der Waals surface area contributed by atoms with Gasteiger partial charge in [0.15, 0.2) is 11.7 Å². The van der Waals surface area contributed by atoms with Crippen LogP contribution in [0.3, 0.4) is 0 Å². The van der Waals surface area contributed by atoms with Crippen molar-refractivity contribution in [2.75, 3.05) is 7.11 Å². The molecule has 1 aromatic carbocycles. The predicted octanol–water partition coefficient (Wildman–Crippen LogP) is 0.511. The standard InChI is InChI=1S/C15H14O7/c1-15(19)13(17)12(22-14(15)18)8-5-7-3-4-11(16)21-9(7)6-10(8)20-2/h3-6,12-13,17,19H,1-2H3/t12-,13+,15+/m1/s1. The van der Waals surface area contributed by atoms with E-state index in [0.717, 1.165) is 0 Å². The summed E-state index contributed by atoms with van der Waals surface area (Å²) in [5.74, 6) is -0.636. The molecule has 1 aromatic heterocycles. The zero-order valence-corrected chi connectivity index (χ0v) is 11.9. The lowest BCUT2D eigenvalue weighted by atomic mass is 9.93. The monoisotopic (exact) mass is 306 g/mol. The van der Waals surface area contributed by atoms with Crippen LogP contribution in [0.5, 0.6) is 5.75 Å². The summed E-state index contributed by atoms with van der Waals surface area (Å²) in [5, 5.41) is 20.7. The topological polar surface area (TPSA) is 106 Å². The molecule has 1 aliphatic rings. The van der Waals surface area contributed by atoms with Crippen molar-refractivity contribution in [2.45, 2.75) is 24.7 Å². The van der Waals surface area contributed by atoms with Gasteiger partial charge in [-0.05, 0) is 19.1 Å². The van der Waals surface area contributed by atoms with E-state index in [2.05, 4.69) is 0 Å². The number of carbonyl (C=O) groups excluding carboxylic acids is 1. The molecule has 3 rings (SSSR count).